The molecule has 0 atom stereocenters. The van der Waals surface area contributed by atoms with E-state index in [4.69, 9.17) is 0 Å². The van der Waals surface area contributed by atoms with E-state index in [0.717, 1.165) is 4.88 Å². The number of rotatable bonds is 3. The lowest BCUT2D eigenvalue weighted by Crippen LogP contribution is -2.26. The van der Waals surface area contributed by atoms with Crippen LogP contribution in [0.4, 0.5) is 0 Å². The molecule has 0 fully saturated rings. The fourth-order valence-electron chi connectivity index (χ4n) is 0.750. The van der Waals surface area contributed by atoms with Gasteiger partial charge in [-0.1, -0.05) is 6.07 Å². The van der Waals surface area contributed by atoms with Gasteiger partial charge in [0.05, 0.1) is 6.42 Å². The number of amides is 1. The summed E-state index contributed by atoms with van der Waals surface area (Å²) >= 11 is 1.46. The van der Waals surface area contributed by atoms with Crippen molar-refractivity contribution in [3.63, 3.8) is 0 Å². The highest BCUT2D eigenvalue weighted by atomic mass is 32.1. The van der Waals surface area contributed by atoms with E-state index >= 15 is 0 Å². The molecular formula is C8H8NO2S. The highest BCUT2D eigenvalue weighted by Gasteiger charge is 2.11. The summed E-state index contributed by atoms with van der Waals surface area (Å²) in [7, 11) is 3.12. The normalized spacial score (nSPS) is 9.42. The SMILES string of the molecule is [CH2]NC(=O)C(=O)Cc1cccs1. The second kappa shape index (κ2) is 4.01. The molecule has 0 spiro atoms. The van der Waals surface area contributed by atoms with Crippen molar-refractivity contribution in [1.82, 2.24) is 5.32 Å². The Labute approximate surface area is 74.4 Å². The molecule has 1 amide bonds. The second-order valence-corrected chi connectivity index (χ2v) is 3.22. The molecule has 0 saturated carbocycles. The minimum Gasteiger partial charge on any atom is -0.348 e. The van der Waals surface area contributed by atoms with Crippen LogP contribution in [0.5, 0.6) is 0 Å². The number of carbonyl (C=O) groups is 2. The van der Waals surface area contributed by atoms with Gasteiger partial charge in [-0.3, -0.25) is 9.59 Å². The Bertz CT molecular complexity index is 279. The van der Waals surface area contributed by atoms with Crippen molar-refractivity contribution in [1.29, 1.82) is 0 Å². The Morgan fingerprint density at radius 1 is 1.58 bits per heavy atom. The average molecular weight is 182 g/mol. The van der Waals surface area contributed by atoms with Crippen molar-refractivity contribution in [2.75, 3.05) is 0 Å². The molecule has 1 rings (SSSR count). The van der Waals surface area contributed by atoms with E-state index < -0.39 is 11.7 Å². The lowest BCUT2D eigenvalue weighted by molar-refractivity contribution is -0.136. The summed E-state index contributed by atoms with van der Waals surface area (Å²) in [4.78, 5) is 22.6. The molecule has 1 heterocycles. The predicted octanol–water partition coefficient (Wildman–Crippen LogP) is 0.767. The maximum Gasteiger partial charge on any atom is 0.287 e. The zero-order valence-electron chi connectivity index (χ0n) is 6.37. The monoisotopic (exact) mass is 182 g/mol. The Morgan fingerprint density at radius 2 is 2.33 bits per heavy atom. The van der Waals surface area contributed by atoms with Gasteiger partial charge in [-0.25, -0.2) is 0 Å². The van der Waals surface area contributed by atoms with Gasteiger partial charge in [0, 0.05) is 11.9 Å². The van der Waals surface area contributed by atoms with Crippen LogP contribution in [0.1, 0.15) is 4.88 Å². The molecule has 4 heteroatoms. The van der Waals surface area contributed by atoms with Crippen molar-refractivity contribution >= 4 is 23.0 Å². The summed E-state index contributed by atoms with van der Waals surface area (Å²) < 4.78 is 0. The molecule has 12 heavy (non-hydrogen) atoms. The summed E-state index contributed by atoms with van der Waals surface area (Å²) in [6, 6.07) is 3.66. The van der Waals surface area contributed by atoms with Gasteiger partial charge in [0.15, 0.2) is 0 Å². The molecule has 1 aromatic heterocycles. The summed E-state index contributed by atoms with van der Waals surface area (Å²) in [6.45, 7) is 0. The van der Waals surface area contributed by atoms with Crippen LogP contribution in [0.2, 0.25) is 0 Å². The number of nitrogens with one attached hydrogen (secondary N) is 1. The van der Waals surface area contributed by atoms with Gasteiger partial charge in [0.25, 0.3) is 5.91 Å². The zero-order valence-corrected chi connectivity index (χ0v) is 7.19. The predicted molar refractivity (Wildman–Crippen MR) is 46.5 cm³/mol. The number of Topliss-reactive ketones (excluding diaryl/α,β-unsaturated/α-hetero) is 1. The van der Waals surface area contributed by atoms with Crippen LogP contribution in [-0.2, 0) is 16.0 Å². The molecule has 0 unspecified atom stereocenters. The lowest BCUT2D eigenvalue weighted by atomic mass is 10.2. The molecule has 1 N–H and O–H groups in total. The third-order valence-corrected chi connectivity index (χ3v) is 2.21. The van der Waals surface area contributed by atoms with E-state index in [1.54, 1.807) is 0 Å². The van der Waals surface area contributed by atoms with Gasteiger partial charge in [-0.05, 0) is 11.4 Å². The van der Waals surface area contributed by atoms with E-state index in [1.807, 2.05) is 22.8 Å². The van der Waals surface area contributed by atoms with Crippen molar-refractivity contribution in [2.24, 2.45) is 0 Å². The fourth-order valence-corrected chi connectivity index (χ4v) is 1.45. The maximum atomic E-state index is 11.0. The van der Waals surface area contributed by atoms with Crippen molar-refractivity contribution in [2.45, 2.75) is 6.42 Å². The van der Waals surface area contributed by atoms with Crippen LogP contribution < -0.4 is 5.32 Å². The quantitative estimate of drug-likeness (QED) is 0.702. The van der Waals surface area contributed by atoms with E-state index in [2.05, 4.69) is 7.05 Å². The number of thiophene rings is 1. The fraction of sp³-hybridized carbons (Fsp3) is 0.125. The topological polar surface area (TPSA) is 46.2 Å². The summed E-state index contributed by atoms with van der Waals surface area (Å²) in [6.07, 6.45) is 0.166. The van der Waals surface area contributed by atoms with Crippen LogP contribution in [0.3, 0.4) is 0 Å². The highest BCUT2D eigenvalue weighted by Crippen LogP contribution is 2.09. The van der Waals surface area contributed by atoms with Crippen molar-refractivity contribution in [3.8, 4) is 0 Å². The third kappa shape index (κ3) is 2.17. The Hall–Kier alpha value is -1.16. The molecule has 63 valence electrons. The number of carbonyl (C=O) groups excluding carboxylic acids is 2. The first kappa shape index (κ1) is 8.93. The van der Waals surface area contributed by atoms with E-state index in [-0.39, 0.29) is 6.42 Å². The number of hydrogen-bond donors (Lipinski definition) is 1. The molecule has 3 nitrogen and oxygen atoms in total. The molecule has 0 aliphatic heterocycles. The van der Waals surface area contributed by atoms with Gasteiger partial charge < -0.3 is 5.32 Å². The maximum absolute atomic E-state index is 11.0. The van der Waals surface area contributed by atoms with Crippen molar-refractivity contribution in [3.05, 3.63) is 29.4 Å². The summed E-state index contributed by atoms with van der Waals surface area (Å²) in [5.74, 6) is -1.09. The van der Waals surface area contributed by atoms with Gasteiger partial charge in [-0.2, -0.15) is 0 Å². The smallest absolute Gasteiger partial charge is 0.287 e. The molecule has 0 aliphatic rings. The molecule has 1 radical (unpaired) electrons. The molecule has 0 aliphatic carbocycles. The lowest BCUT2D eigenvalue weighted by Gasteiger charge is -1.95. The van der Waals surface area contributed by atoms with E-state index in [0.29, 0.717) is 0 Å². The first-order valence-corrected chi connectivity index (χ1v) is 4.24. The Morgan fingerprint density at radius 3 is 2.83 bits per heavy atom. The minimum atomic E-state index is -0.636. The summed E-state index contributed by atoms with van der Waals surface area (Å²) in [5, 5.41) is 3.91. The van der Waals surface area contributed by atoms with Crippen molar-refractivity contribution < 1.29 is 9.59 Å². The largest absolute Gasteiger partial charge is 0.348 e. The first-order chi connectivity index (χ1) is 5.74. The standard InChI is InChI=1S/C8H8NO2S/c1-9-8(11)7(10)5-6-3-2-4-12-6/h2-4H,1,5H2,(H,9,11). The van der Waals surface area contributed by atoms with Crippen LogP contribution >= 0.6 is 11.3 Å². The van der Waals surface area contributed by atoms with Crippen LogP contribution in [0.15, 0.2) is 17.5 Å². The average Bonchev–Trinajstić information content (AvgIpc) is 2.55. The van der Waals surface area contributed by atoms with Gasteiger partial charge in [0.1, 0.15) is 0 Å². The van der Waals surface area contributed by atoms with Gasteiger partial charge >= 0.3 is 0 Å². The minimum absolute atomic E-state index is 0.166. The van der Waals surface area contributed by atoms with Crippen LogP contribution in [-0.4, -0.2) is 11.7 Å². The second-order valence-electron chi connectivity index (χ2n) is 2.19. The summed E-state index contributed by atoms with van der Waals surface area (Å²) in [5.41, 5.74) is 0. The molecule has 0 aromatic carbocycles. The molecule has 0 bridgehead atoms. The van der Waals surface area contributed by atoms with Crippen LogP contribution in [0.25, 0.3) is 0 Å². The first-order valence-electron chi connectivity index (χ1n) is 3.36. The molecule has 0 saturated heterocycles. The van der Waals surface area contributed by atoms with Gasteiger partial charge in [0.2, 0.25) is 5.78 Å². The number of hydrogen-bond acceptors (Lipinski definition) is 3. The number of ketones is 1. The van der Waals surface area contributed by atoms with E-state index in [1.165, 1.54) is 11.3 Å². The zero-order chi connectivity index (χ0) is 8.97. The van der Waals surface area contributed by atoms with E-state index in [9.17, 15) is 9.59 Å². The van der Waals surface area contributed by atoms with Crippen LogP contribution in [0, 0.1) is 7.05 Å². The molecular weight excluding hydrogens is 174 g/mol. The Kier molecular flexibility index (Phi) is 2.99. The third-order valence-electron chi connectivity index (χ3n) is 1.33. The van der Waals surface area contributed by atoms with Gasteiger partial charge in [-0.15, -0.1) is 11.3 Å². The molecule has 1 aromatic rings. The Balaban J connectivity index is 2.53. The highest BCUT2D eigenvalue weighted by molar-refractivity contribution is 7.10.